The number of imidazole rings is 1. The Labute approximate surface area is 120 Å². The van der Waals surface area contributed by atoms with Gasteiger partial charge in [0.25, 0.3) is 0 Å². The molecule has 0 spiro atoms. The molecule has 2 aliphatic rings. The van der Waals surface area contributed by atoms with Crippen molar-refractivity contribution < 1.29 is 0 Å². The van der Waals surface area contributed by atoms with Crippen LogP contribution in [-0.2, 0) is 13.6 Å². The molecule has 1 aliphatic carbocycles. The van der Waals surface area contributed by atoms with Gasteiger partial charge in [0, 0.05) is 25.7 Å². The number of nitrogens with zero attached hydrogens (tertiary/aromatic N) is 3. The zero-order valence-corrected chi connectivity index (χ0v) is 12.4. The van der Waals surface area contributed by atoms with Crippen molar-refractivity contribution in [3.8, 4) is 0 Å². The summed E-state index contributed by atoms with van der Waals surface area (Å²) in [5, 5.41) is 4.37. The van der Waals surface area contributed by atoms with Gasteiger partial charge in [0.1, 0.15) is 11.0 Å². The number of rotatable bonds is 5. The van der Waals surface area contributed by atoms with E-state index >= 15 is 0 Å². The maximum atomic E-state index is 6.07. The van der Waals surface area contributed by atoms with Crippen LogP contribution in [0.4, 0.5) is 0 Å². The smallest absolute Gasteiger partial charge is 0.128 e. The van der Waals surface area contributed by atoms with Crippen LogP contribution in [0.1, 0.15) is 37.9 Å². The minimum Gasteiger partial charge on any atom is -0.321 e. The second-order valence-corrected chi connectivity index (χ2v) is 6.25. The first-order chi connectivity index (χ1) is 9.24. The Morgan fingerprint density at radius 3 is 2.84 bits per heavy atom. The molecule has 1 saturated heterocycles. The van der Waals surface area contributed by atoms with Crippen LogP contribution >= 0.6 is 11.6 Å². The zero-order chi connectivity index (χ0) is 13.2. The fraction of sp³-hybridized carbons (Fsp3) is 0.786. The average molecular weight is 283 g/mol. The molecule has 3 rings (SSSR count). The quantitative estimate of drug-likeness (QED) is 0.899. The van der Waals surface area contributed by atoms with Gasteiger partial charge in [-0.15, -0.1) is 0 Å². The van der Waals surface area contributed by atoms with E-state index in [2.05, 4.69) is 15.2 Å². The standard InChI is InChI=1S/C14H23ClN4/c1-18-13(15)8-17-14(18)10-19(12-5-6-12)9-11-4-2-3-7-16-11/h8,11-12,16H,2-7,9-10H2,1H3. The molecule has 0 aromatic carbocycles. The highest BCUT2D eigenvalue weighted by molar-refractivity contribution is 6.29. The fourth-order valence-corrected chi connectivity index (χ4v) is 3.04. The summed E-state index contributed by atoms with van der Waals surface area (Å²) in [6.07, 6.45) is 8.43. The Bertz CT molecular complexity index is 421. The molecular weight excluding hydrogens is 260 g/mol. The molecule has 1 N–H and O–H groups in total. The second kappa shape index (κ2) is 5.81. The predicted molar refractivity (Wildman–Crippen MR) is 77.3 cm³/mol. The summed E-state index contributed by atoms with van der Waals surface area (Å²) in [4.78, 5) is 7.01. The summed E-state index contributed by atoms with van der Waals surface area (Å²) in [7, 11) is 1.99. The van der Waals surface area contributed by atoms with E-state index in [0.717, 1.165) is 30.1 Å². The van der Waals surface area contributed by atoms with E-state index in [1.165, 1.54) is 38.6 Å². The van der Waals surface area contributed by atoms with Crippen LogP contribution in [0.5, 0.6) is 0 Å². The minimum atomic E-state index is 0.657. The van der Waals surface area contributed by atoms with Gasteiger partial charge in [0.05, 0.1) is 12.7 Å². The molecule has 106 valence electrons. The molecule has 0 amide bonds. The predicted octanol–water partition coefficient (Wildman–Crippen LogP) is 2.18. The summed E-state index contributed by atoms with van der Waals surface area (Å²) in [6.45, 7) is 3.25. The number of halogens is 1. The van der Waals surface area contributed by atoms with Crippen LogP contribution in [0, 0.1) is 0 Å². The maximum Gasteiger partial charge on any atom is 0.128 e. The lowest BCUT2D eigenvalue weighted by atomic mass is 10.0. The topological polar surface area (TPSA) is 33.1 Å². The molecule has 19 heavy (non-hydrogen) atoms. The molecule has 1 aromatic rings. The van der Waals surface area contributed by atoms with Gasteiger partial charge in [-0.2, -0.15) is 0 Å². The van der Waals surface area contributed by atoms with Gasteiger partial charge < -0.3 is 9.88 Å². The molecular formula is C14H23ClN4. The number of nitrogens with one attached hydrogen (secondary N) is 1. The first-order valence-corrected chi connectivity index (χ1v) is 7.75. The Morgan fingerprint density at radius 2 is 2.26 bits per heavy atom. The molecule has 1 atom stereocenters. The van der Waals surface area contributed by atoms with Gasteiger partial charge in [-0.3, -0.25) is 4.90 Å². The first-order valence-electron chi connectivity index (χ1n) is 7.37. The highest BCUT2D eigenvalue weighted by Crippen LogP contribution is 2.29. The van der Waals surface area contributed by atoms with E-state index in [1.54, 1.807) is 6.20 Å². The second-order valence-electron chi connectivity index (χ2n) is 5.86. The SMILES string of the molecule is Cn1c(Cl)cnc1CN(CC1CCCCN1)C1CC1. The maximum absolute atomic E-state index is 6.07. The molecule has 1 aromatic heterocycles. The summed E-state index contributed by atoms with van der Waals surface area (Å²) in [6, 6.07) is 1.42. The normalized spacial score (nSPS) is 24.1. The van der Waals surface area contributed by atoms with Crippen LogP contribution < -0.4 is 5.32 Å². The number of piperidine rings is 1. The summed E-state index contributed by atoms with van der Waals surface area (Å²) in [5.74, 6) is 1.08. The third-order valence-electron chi connectivity index (χ3n) is 4.30. The van der Waals surface area contributed by atoms with E-state index in [0.29, 0.717) is 6.04 Å². The first kappa shape index (κ1) is 13.4. The van der Waals surface area contributed by atoms with Gasteiger partial charge in [0.2, 0.25) is 0 Å². The van der Waals surface area contributed by atoms with Gasteiger partial charge in [-0.25, -0.2) is 4.98 Å². The molecule has 2 fully saturated rings. The fourth-order valence-electron chi connectivity index (χ4n) is 2.90. The monoisotopic (exact) mass is 282 g/mol. The minimum absolute atomic E-state index is 0.657. The van der Waals surface area contributed by atoms with E-state index < -0.39 is 0 Å². The van der Waals surface area contributed by atoms with Crippen LogP contribution in [-0.4, -0.2) is 39.6 Å². The molecule has 2 heterocycles. The summed E-state index contributed by atoms with van der Waals surface area (Å²) in [5.41, 5.74) is 0. The van der Waals surface area contributed by atoms with Crippen molar-refractivity contribution in [2.75, 3.05) is 13.1 Å². The van der Waals surface area contributed by atoms with Gasteiger partial charge in [0.15, 0.2) is 0 Å². The molecule has 1 unspecified atom stereocenters. The van der Waals surface area contributed by atoms with Crippen molar-refractivity contribution in [1.82, 2.24) is 19.8 Å². The van der Waals surface area contributed by atoms with Crippen molar-refractivity contribution in [2.24, 2.45) is 7.05 Å². The largest absolute Gasteiger partial charge is 0.321 e. The van der Waals surface area contributed by atoms with Crippen molar-refractivity contribution in [3.05, 3.63) is 17.2 Å². The lowest BCUT2D eigenvalue weighted by Crippen LogP contribution is -2.44. The molecule has 5 heteroatoms. The highest BCUT2D eigenvalue weighted by Gasteiger charge is 2.31. The molecule has 4 nitrogen and oxygen atoms in total. The third kappa shape index (κ3) is 3.30. The lowest BCUT2D eigenvalue weighted by molar-refractivity contribution is 0.202. The average Bonchev–Trinajstić information content (AvgIpc) is 3.22. The zero-order valence-electron chi connectivity index (χ0n) is 11.6. The highest BCUT2D eigenvalue weighted by atomic mass is 35.5. The van der Waals surface area contributed by atoms with E-state index in [-0.39, 0.29) is 0 Å². The van der Waals surface area contributed by atoms with Crippen molar-refractivity contribution in [2.45, 2.75) is 50.7 Å². The van der Waals surface area contributed by atoms with Gasteiger partial charge >= 0.3 is 0 Å². The van der Waals surface area contributed by atoms with E-state index in [1.807, 2.05) is 11.6 Å². The molecule has 1 aliphatic heterocycles. The van der Waals surface area contributed by atoms with Gasteiger partial charge in [-0.05, 0) is 32.2 Å². The van der Waals surface area contributed by atoms with Crippen molar-refractivity contribution in [1.29, 1.82) is 0 Å². The van der Waals surface area contributed by atoms with Crippen LogP contribution in [0.15, 0.2) is 6.20 Å². The van der Waals surface area contributed by atoms with Gasteiger partial charge in [-0.1, -0.05) is 18.0 Å². The van der Waals surface area contributed by atoms with Crippen LogP contribution in [0.3, 0.4) is 0 Å². The van der Waals surface area contributed by atoms with E-state index in [9.17, 15) is 0 Å². The molecule has 0 bridgehead atoms. The van der Waals surface area contributed by atoms with Crippen molar-refractivity contribution in [3.63, 3.8) is 0 Å². The Kier molecular flexibility index (Phi) is 4.10. The summed E-state index contributed by atoms with van der Waals surface area (Å²) < 4.78 is 1.99. The number of hydrogen-bond acceptors (Lipinski definition) is 3. The Hall–Kier alpha value is -0.580. The van der Waals surface area contributed by atoms with Crippen LogP contribution in [0.25, 0.3) is 0 Å². The Morgan fingerprint density at radius 1 is 1.42 bits per heavy atom. The Balaban J connectivity index is 1.62. The van der Waals surface area contributed by atoms with Crippen molar-refractivity contribution >= 4 is 11.6 Å². The third-order valence-corrected chi connectivity index (χ3v) is 4.65. The molecule has 1 saturated carbocycles. The van der Waals surface area contributed by atoms with E-state index in [4.69, 9.17) is 11.6 Å². The number of aromatic nitrogens is 2. The summed E-state index contributed by atoms with van der Waals surface area (Å²) >= 11 is 6.07. The lowest BCUT2D eigenvalue weighted by Gasteiger charge is -2.30. The van der Waals surface area contributed by atoms with Crippen LogP contribution in [0.2, 0.25) is 5.15 Å². The molecule has 0 radical (unpaired) electrons. The number of hydrogen-bond donors (Lipinski definition) is 1.